The Bertz CT molecular complexity index is 582. The Morgan fingerprint density at radius 3 is 2.84 bits per heavy atom. The number of alkyl halides is 1. The van der Waals surface area contributed by atoms with Crippen molar-refractivity contribution in [3.63, 3.8) is 0 Å². The van der Waals surface area contributed by atoms with Crippen molar-refractivity contribution in [3.05, 3.63) is 0 Å². The predicted octanol–water partition coefficient (Wildman–Crippen LogP) is 2.49. The molecule has 1 saturated heterocycles. The summed E-state index contributed by atoms with van der Waals surface area (Å²) in [6, 6.07) is 0. The molecular weight excluding hydrogens is 347 g/mol. The van der Waals surface area contributed by atoms with Crippen LogP contribution in [0, 0.1) is 17.3 Å². The van der Waals surface area contributed by atoms with Gasteiger partial charge in [-0.25, -0.2) is 4.39 Å². The summed E-state index contributed by atoms with van der Waals surface area (Å²) < 4.78 is 25.7. The molecule has 3 aliphatic rings. The molecule has 1 aliphatic heterocycles. The van der Waals surface area contributed by atoms with Crippen LogP contribution in [-0.4, -0.2) is 52.5 Å². The zero-order valence-electron chi connectivity index (χ0n) is 15.2. The lowest BCUT2D eigenvalue weighted by atomic mass is 9.57. The molecule has 0 amide bonds. The maximum Gasteiger partial charge on any atom is 0.313 e. The van der Waals surface area contributed by atoms with Crippen LogP contribution in [0.5, 0.6) is 0 Å². The summed E-state index contributed by atoms with van der Waals surface area (Å²) in [7, 11) is 1.34. The largest absolute Gasteiger partial charge is 0.469 e. The van der Waals surface area contributed by atoms with Crippen LogP contribution in [0.4, 0.5) is 4.39 Å². The Hall–Kier alpha value is -0.820. The van der Waals surface area contributed by atoms with Gasteiger partial charge < -0.3 is 14.6 Å². The first kappa shape index (κ1) is 19.0. The van der Waals surface area contributed by atoms with Crippen LogP contribution in [0.2, 0.25) is 0 Å². The van der Waals surface area contributed by atoms with Crippen molar-refractivity contribution >= 4 is 23.7 Å². The zero-order chi connectivity index (χ0) is 18.6. The van der Waals surface area contributed by atoms with Crippen LogP contribution >= 0.6 is 11.8 Å². The van der Waals surface area contributed by atoms with Crippen molar-refractivity contribution in [2.45, 2.75) is 69.1 Å². The molecule has 0 bridgehead atoms. The molecule has 7 heteroatoms. The highest BCUT2D eigenvalue weighted by atomic mass is 32.2. The number of methoxy groups -OCH3 is 1. The average molecular weight is 374 g/mol. The molecule has 0 aromatic rings. The lowest BCUT2D eigenvalue weighted by Crippen LogP contribution is -2.64. The van der Waals surface area contributed by atoms with Crippen LogP contribution in [0.1, 0.15) is 46.5 Å². The number of carbonyl (C=O) groups is 2. The Kier molecular flexibility index (Phi) is 4.64. The molecule has 0 spiro atoms. The molecule has 2 saturated carbocycles. The second-order valence-electron chi connectivity index (χ2n) is 8.29. The Balaban J connectivity index is 1.79. The number of rotatable bonds is 5. The van der Waals surface area contributed by atoms with Gasteiger partial charge in [-0.15, -0.1) is 0 Å². The molecule has 1 N–H and O–H groups in total. The first-order valence-corrected chi connectivity index (χ1v) is 9.93. The van der Waals surface area contributed by atoms with Crippen LogP contribution in [-0.2, 0) is 19.1 Å². The van der Waals surface area contributed by atoms with Gasteiger partial charge in [0.2, 0.25) is 0 Å². The van der Waals surface area contributed by atoms with E-state index in [0.717, 1.165) is 0 Å². The summed E-state index contributed by atoms with van der Waals surface area (Å²) in [5.41, 5.74) is -3.52. The number of hydrogen-bond donors (Lipinski definition) is 1. The number of thioether (sulfide) groups is 1. The van der Waals surface area contributed by atoms with Gasteiger partial charge in [0.25, 0.3) is 0 Å². The second kappa shape index (κ2) is 6.12. The molecule has 1 unspecified atom stereocenters. The SMILES string of the molecule is COC(=O)[C@@H](C)CCS[C@H]1C2C(=O)O[C@@H]3CC[C@](C)(C[C@]1(C)F)[C@]23O. The maximum atomic E-state index is 15.5. The van der Waals surface area contributed by atoms with Crippen molar-refractivity contribution in [2.24, 2.45) is 17.3 Å². The lowest BCUT2D eigenvalue weighted by Gasteiger charge is -2.53. The standard InChI is InChI=1S/C18H27FO5S/c1-10(14(20)23-4)6-8-25-13-12-15(21)24-11-5-7-16(2,18(11,12)22)9-17(13,3)19/h10-13,22H,5-9H2,1-4H3/t10-,11+,12?,13-,16+,17-,18+/m0/s1. The summed E-state index contributed by atoms with van der Waals surface area (Å²) in [4.78, 5) is 24.0. The van der Waals surface area contributed by atoms with Gasteiger partial charge >= 0.3 is 11.9 Å². The second-order valence-corrected chi connectivity index (χ2v) is 9.54. The number of hydrogen-bond acceptors (Lipinski definition) is 6. The zero-order valence-corrected chi connectivity index (χ0v) is 16.0. The van der Waals surface area contributed by atoms with Crippen molar-refractivity contribution in [1.82, 2.24) is 0 Å². The van der Waals surface area contributed by atoms with E-state index in [4.69, 9.17) is 9.47 Å². The fourth-order valence-electron chi connectivity index (χ4n) is 5.13. The van der Waals surface area contributed by atoms with Crippen molar-refractivity contribution < 1.29 is 28.6 Å². The minimum absolute atomic E-state index is 0.213. The van der Waals surface area contributed by atoms with Gasteiger partial charge in [0, 0.05) is 5.41 Å². The highest BCUT2D eigenvalue weighted by molar-refractivity contribution is 8.00. The van der Waals surface area contributed by atoms with E-state index in [-0.39, 0.29) is 18.3 Å². The maximum absolute atomic E-state index is 15.5. The van der Waals surface area contributed by atoms with E-state index in [1.54, 1.807) is 6.92 Å². The van der Waals surface area contributed by atoms with E-state index in [2.05, 4.69) is 0 Å². The molecule has 2 aliphatic carbocycles. The minimum Gasteiger partial charge on any atom is -0.469 e. The lowest BCUT2D eigenvalue weighted by molar-refractivity contribution is -0.158. The van der Waals surface area contributed by atoms with Crippen LogP contribution in [0.15, 0.2) is 0 Å². The first-order chi connectivity index (χ1) is 11.6. The van der Waals surface area contributed by atoms with Crippen LogP contribution in [0.25, 0.3) is 0 Å². The predicted molar refractivity (Wildman–Crippen MR) is 91.8 cm³/mol. The average Bonchev–Trinajstić information content (AvgIpc) is 2.92. The highest BCUT2D eigenvalue weighted by Crippen LogP contribution is 2.65. The van der Waals surface area contributed by atoms with Gasteiger partial charge in [-0.2, -0.15) is 11.8 Å². The molecule has 3 rings (SSSR count). The van der Waals surface area contributed by atoms with E-state index in [0.29, 0.717) is 25.0 Å². The highest BCUT2D eigenvalue weighted by Gasteiger charge is 2.76. The van der Waals surface area contributed by atoms with Gasteiger partial charge in [-0.1, -0.05) is 13.8 Å². The quantitative estimate of drug-likeness (QED) is 0.746. The summed E-state index contributed by atoms with van der Waals surface area (Å²) >= 11 is 1.33. The third kappa shape index (κ3) is 2.69. The third-order valence-electron chi connectivity index (χ3n) is 6.49. The fourth-order valence-corrected chi connectivity index (χ4v) is 6.82. The monoisotopic (exact) mass is 374 g/mol. The molecule has 25 heavy (non-hydrogen) atoms. The van der Waals surface area contributed by atoms with E-state index in [1.165, 1.54) is 25.8 Å². The topological polar surface area (TPSA) is 72.8 Å². The summed E-state index contributed by atoms with van der Waals surface area (Å²) in [5.74, 6) is -1.40. The van der Waals surface area contributed by atoms with E-state index >= 15 is 4.39 Å². The van der Waals surface area contributed by atoms with Gasteiger partial charge in [0.15, 0.2) is 0 Å². The molecular formula is C18H27FO5S. The Morgan fingerprint density at radius 2 is 2.20 bits per heavy atom. The van der Waals surface area contributed by atoms with Crippen LogP contribution in [0.3, 0.4) is 0 Å². The normalized spacial score (nSPS) is 46.5. The molecule has 3 fully saturated rings. The summed E-state index contributed by atoms with van der Waals surface area (Å²) in [6.45, 7) is 5.17. The molecule has 142 valence electrons. The molecule has 0 aromatic heterocycles. The summed E-state index contributed by atoms with van der Waals surface area (Å²) in [5, 5.41) is 10.7. The number of esters is 2. The van der Waals surface area contributed by atoms with E-state index in [9.17, 15) is 14.7 Å². The molecule has 1 heterocycles. The van der Waals surface area contributed by atoms with Gasteiger partial charge in [-0.05, 0) is 38.4 Å². The third-order valence-corrected chi connectivity index (χ3v) is 8.08. The number of aliphatic hydroxyl groups is 1. The van der Waals surface area contributed by atoms with Gasteiger partial charge in [0.1, 0.15) is 23.3 Å². The van der Waals surface area contributed by atoms with Gasteiger partial charge in [-0.3, -0.25) is 9.59 Å². The van der Waals surface area contributed by atoms with Gasteiger partial charge in [0.05, 0.1) is 18.3 Å². The fraction of sp³-hybridized carbons (Fsp3) is 0.889. The molecule has 7 atom stereocenters. The number of carbonyl (C=O) groups excluding carboxylic acids is 2. The van der Waals surface area contributed by atoms with Crippen LogP contribution < -0.4 is 0 Å². The smallest absolute Gasteiger partial charge is 0.313 e. The molecule has 0 radical (unpaired) electrons. The van der Waals surface area contributed by atoms with Crippen molar-refractivity contribution in [3.8, 4) is 0 Å². The number of halogens is 1. The molecule has 5 nitrogen and oxygen atoms in total. The molecule has 0 aromatic carbocycles. The Morgan fingerprint density at radius 1 is 1.52 bits per heavy atom. The Labute approximate surface area is 152 Å². The van der Waals surface area contributed by atoms with Crippen molar-refractivity contribution in [2.75, 3.05) is 12.9 Å². The number of ether oxygens (including phenoxy) is 2. The summed E-state index contributed by atoms with van der Waals surface area (Å²) in [6.07, 6.45) is 1.47. The minimum atomic E-state index is -1.58. The van der Waals surface area contributed by atoms with Crippen molar-refractivity contribution in [1.29, 1.82) is 0 Å². The van der Waals surface area contributed by atoms with E-state index in [1.807, 2.05) is 6.92 Å². The first-order valence-electron chi connectivity index (χ1n) is 8.88. The van der Waals surface area contributed by atoms with E-state index < -0.39 is 39.9 Å².